The molecule has 2 aromatic rings. The molecule has 6 heteroatoms. The largest absolute Gasteiger partial charge is 0.379 e. The molecule has 0 saturated carbocycles. The summed E-state index contributed by atoms with van der Waals surface area (Å²) in [5.41, 5.74) is 1.57. The van der Waals surface area contributed by atoms with Crippen molar-refractivity contribution in [3.05, 3.63) is 35.5 Å². The molecule has 1 N–H and O–H groups in total. The van der Waals surface area contributed by atoms with Crippen LogP contribution in [0.4, 0.5) is 4.39 Å². The third-order valence-corrected chi connectivity index (χ3v) is 3.74. The minimum Gasteiger partial charge on any atom is -0.379 e. The molecule has 1 aromatic heterocycles. The Labute approximate surface area is 122 Å². The molecule has 0 radical (unpaired) electrons. The topological polar surface area (TPSA) is 60.2 Å². The Balaban J connectivity index is 1.86. The van der Waals surface area contributed by atoms with E-state index in [1.807, 2.05) is 6.92 Å². The van der Waals surface area contributed by atoms with Gasteiger partial charge in [0, 0.05) is 11.6 Å². The average molecular weight is 291 g/mol. The lowest BCUT2D eigenvalue weighted by atomic mass is 10.0. The maximum Gasteiger partial charge on any atom is 0.234 e. The SMILES string of the molecule is CCNC1COCC1c1nc(-c2ccc(F)cc2C)no1. The second-order valence-corrected chi connectivity index (χ2v) is 5.22. The zero-order valence-corrected chi connectivity index (χ0v) is 12.1. The number of nitrogens with one attached hydrogen (secondary N) is 1. The third-order valence-electron chi connectivity index (χ3n) is 3.74. The Morgan fingerprint density at radius 1 is 1.38 bits per heavy atom. The van der Waals surface area contributed by atoms with Crippen molar-refractivity contribution < 1.29 is 13.7 Å². The van der Waals surface area contributed by atoms with Crippen LogP contribution in [0, 0.1) is 12.7 Å². The van der Waals surface area contributed by atoms with Crippen molar-refractivity contribution in [2.45, 2.75) is 25.8 Å². The van der Waals surface area contributed by atoms with E-state index in [4.69, 9.17) is 9.26 Å². The predicted molar refractivity (Wildman–Crippen MR) is 75.5 cm³/mol. The second kappa shape index (κ2) is 5.91. The van der Waals surface area contributed by atoms with Crippen molar-refractivity contribution in [2.24, 2.45) is 0 Å². The van der Waals surface area contributed by atoms with E-state index in [1.54, 1.807) is 6.07 Å². The molecule has 21 heavy (non-hydrogen) atoms. The van der Waals surface area contributed by atoms with Gasteiger partial charge in [-0.3, -0.25) is 0 Å². The van der Waals surface area contributed by atoms with Crippen LogP contribution in [0.25, 0.3) is 11.4 Å². The summed E-state index contributed by atoms with van der Waals surface area (Å²) in [7, 11) is 0. The standard InChI is InChI=1S/C15H18FN3O2/c1-3-17-13-8-20-7-12(13)15-18-14(19-21-15)11-5-4-10(16)6-9(11)2/h4-6,12-13,17H,3,7-8H2,1-2H3. The molecule has 5 nitrogen and oxygen atoms in total. The van der Waals surface area contributed by atoms with E-state index in [0.717, 1.165) is 17.7 Å². The van der Waals surface area contributed by atoms with Crippen molar-refractivity contribution in [1.29, 1.82) is 0 Å². The van der Waals surface area contributed by atoms with Gasteiger partial charge in [-0.1, -0.05) is 12.1 Å². The van der Waals surface area contributed by atoms with Crippen LogP contribution in [-0.4, -0.2) is 35.9 Å². The van der Waals surface area contributed by atoms with Crippen molar-refractivity contribution in [2.75, 3.05) is 19.8 Å². The van der Waals surface area contributed by atoms with Crippen LogP contribution < -0.4 is 5.32 Å². The highest BCUT2D eigenvalue weighted by Crippen LogP contribution is 2.27. The normalized spacial score (nSPS) is 21.9. The van der Waals surface area contributed by atoms with Gasteiger partial charge in [0.25, 0.3) is 0 Å². The van der Waals surface area contributed by atoms with Crippen molar-refractivity contribution in [3.63, 3.8) is 0 Å². The number of halogens is 1. The molecular weight excluding hydrogens is 273 g/mol. The number of likely N-dealkylation sites (N-methyl/N-ethyl adjacent to an activating group) is 1. The number of aryl methyl sites for hydroxylation is 1. The molecule has 1 aromatic carbocycles. The van der Waals surface area contributed by atoms with Crippen molar-refractivity contribution in [1.82, 2.24) is 15.5 Å². The summed E-state index contributed by atoms with van der Waals surface area (Å²) in [4.78, 5) is 4.47. The number of hydrogen-bond acceptors (Lipinski definition) is 5. The van der Waals surface area contributed by atoms with Crippen molar-refractivity contribution >= 4 is 0 Å². The smallest absolute Gasteiger partial charge is 0.234 e. The average Bonchev–Trinajstić information content (AvgIpc) is 3.07. The maximum atomic E-state index is 13.2. The summed E-state index contributed by atoms with van der Waals surface area (Å²) < 4.78 is 24.0. The highest BCUT2D eigenvalue weighted by atomic mass is 19.1. The fourth-order valence-corrected chi connectivity index (χ4v) is 2.63. The van der Waals surface area contributed by atoms with Crippen molar-refractivity contribution in [3.8, 4) is 11.4 Å². The van der Waals surface area contributed by atoms with Gasteiger partial charge in [0.1, 0.15) is 5.82 Å². The maximum absolute atomic E-state index is 13.2. The number of aromatic nitrogens is 2. The number of hydrogen-bond donors (Lipinski definition) is 1. The first kappa shape index (κ1) is 14.2. The van der Waals surface area contributed by atoms with Crippen LogP contribution in [0.15, 0.2) is 22.7 Å². The molecule has 0 spiro atoms. The van der Waals surface area contributed by atoms with E-state index < -0.39 is 0 Å². The van der Waals surface area contributed by atoms with Crippen LogP contribution in [0.5, 0.6) is 0 Å². The van der Waals surface area contributed by atoms with Crippen LogP contribution >= 0.6 is 0 Å². The molecule has 3 rings (SSSR count). The molecular formula is C15H18FN3O2. The van der Waals surface area contributed by atoms with Gasteiger partial charge in [0.2, 0.25) is 11.7 Å². The van der Waals surface area contributed by atoms with E-state index in [9.17, 15) is 4.39 Å². The number of rotatable bonds is 4. The molecule has 2 unspecified atom stereocenters. The third kappa shape index (κ3) is 2.82. The Kier molecular flexibility index (Phi) is 3.98. The molecule has 1 saturated heterocycles. The van der Waals surface area contributed by atoms with Gasteiger partial charge in [-0.15, -0.1) is 0 Å². The molecule has 112 valence electrons. The fraction of sp³-hybridized carbons (Fsp3) is 0.467. The molecule has 1 aliphatic heterocycles. The predicted octanol–water partition coefficient (Wildman–Crippen LogP) is 2.28. The molecule has 1 fully saturated rings. The van der Waals surface area contributed by atoms with Gasteiger partial charge in [0.05, 0.1) is 19.1 Å². The summed E-state index contributed by atoms with van der Waals surface area (Å²) in [6.45, 7) is 5.96. The molecule has 0 amide bonds. The first-order valence-electron chi connectivity index (χ1n) is 7.10. The number of benzene rings is 1. The Morgan fingerprint density at radius 3 is 3.00 bits per heavy atom. The lowest BCUT2D eigenvalue weighted by molar-refractivity contribution is 0.185. The van der Waals surface area contributed by atoms with Gasteiger partial charge >= 0.3 is 0 Å². The molecule has 0 aliphatic carbocycles. The molecule has 0 bridgehead atoms. The summed E-state index contributed by atoms with van der Waals surface area (Å²) in [6, 6.07) is 4.73. The fourth-order valence-electron chi connectivity index (χ4n) is 2.63. The Hall–Kier alpha value is -1.79. The van der Waals surface area contributed by atoms with E-state index in [0.29, 0.717) is 24.9 Å². The molecule has 2 heterocycles. The van der Waals surface area contributed by atoms with Crippen LogP contribution in [0.2, 0.25) is 0 Å². The van der Waals surface area contributed by atoms with Gasteiger partial charge in [-0.2, -0.15) is 4.98 Å². The van der Waals surface area contributed by atoms with E-state index >= 15 is 0 Å². The Bertz CT molecular complexity index is 629. The minimum absolute atomic E-state index is 0.0620. The van der Waals surface area contributed by atoms with Gasteiger partial charge in [-0.25, -0.2) is 4.39 Å². The zero-order valence-electron chi connectivity index (χ0n) is 12.1. The summed E-state index contributed by atoms with van der Waals surface area (Å²) >= 11 is 0. The highest BCUT2D eigenvalue weighted by molar-refractivity contribution is 5.59. The van der Waals surface area contributed by atoms with E-state index in [1.165, 1.54) is 12.1 Å². The van der Waals surface area contributed by atoms with Crippen LogP contribution in [0.3, 0.4) is 0 Å². The van der Waals surface area contributed by atoms with E-state index in [-0.39, 0.29) is 17.8 Å². The minimum atomic E-state index is -0.267. The van der Waals surface area contributed by atoms with Gasteiger partial charge in [0.15, 0.2) is 0 Å². The van der Waals surface area contributed by atoms with Crippen LogP contribution in [0.1, 0.15) is 24.3 Å². The Morgan fingerprint density at radius 2 is 2.24 bits per heavy atom. The first-order chi connectivity index (χ1) is 10.2. The van der Waals surface area contributed by atoms with Gasteiger partial charge in [-0.05, 0) is 37.2 Å². The lowest BCUT2D eigenvalue weighted by Crippen LogP contribution is -2.34. The summed E-state index contributed by atoms with van der Waals surface area (Å²) in [6.07, 6.45) is 0. The number of nitrogens with zero attached hydrogens (tertiary/aromatic N) is 2. The zero-order chi connectivity index (χ0) is 14.8. The molecule has 1 aliphatic rings. The highest BCUT2D eigenvalue weighted by Gasteiger charge is 2.33. The summed E-state index contributed by atoms with van der Waals surface area (Å²) in [5.74, 6) is 0.852. The van der Waals surface area contributed by atoms with Gasteiger partial charge < -0.3 is 14.6 Å². The second-order valence-electron chi connectivity index (χ2n) is 5.22. The quantitative estimate of drug-likeness (QED) is 0.936. The van der Waals surface area contributed by atoms with Crippen LogP contribution in [-0.2, 0) is 4.74 Å². The summed E-state index contributed by atoms with van der Waals surface area (Å²) in [5, 5.41) is 7.38. The lowest BCUT2D eigenvalue weighted by Gasteiger charge is -2.13. The molecule has 2 atom stereocenters. The monoisotopic (exact) mass is 291 g/mol. The van der Waals surface area contributed by atoms with E-state index in [2.05, 4.69) is 22.4 Å². The first-order valence-corrected chi connectivity index (χ1v) is 7.10. The number of ether oxygens (including phenoxy) is 1.